The number of rotatable bonds is 4. The quantitative estimate of drug-likeness (QED) is 0.182. The van der Waals surface area contributed by atoms with E-state index in [9.17, 15) is 0 Å². The average Bonchev–Trinajstić information content (AvgIpc) is 2.82. The third-order valence-electron chi connectivity index (χ3n) is 5.89. The summed E-state index contributed by atoms with van der Waals surface area (Å²) in [4.78, 5) is 0. The number of nitrogens with two attached hydrogens (primary N) is 4. The highest BCUT2D eigenvalue weighted by Crippen LogP contribution is 2.27. The summed E-state index contributed by atoms with van der Waals surface area (Å²) in [6.45, 7) is 6.25. The van der Waals surface area contributed by atoms with Gasteiger partial charge in [0.2, 0.25) is 0 Å². The van der Waals surface area contributed by atoms with Crippen molar-refractivity contribution in [3.63, 3.8) is 0 Å². The van der Waals surface area contributed by atoms with Crippen molar-refractivity contribution in [2.75, 3.05) is 22.9 Å². The fourth-order valence-corrected chi connectivity index (χ4v) is 3.71. The molecule has 0 amide bonds. The maximum atomic E-state index is 5.94. The molecule has 0 aliphatic heterocycles. The van der Waals surface area contributed by atoms with Crippen molar-refractivity contribution in [1.29, 1.82) is 0 Å². The summed E-state index contributed by atoms with van der Waals surface area (Å²) in [7, 11) is 0. The second kappa shape index (κ2) is 16.9. The summed E-state index contributed by atoms with van der Waals surface area (Å²) in [5.74, 6) is 0. The van der Waals surface area contributed by atoms with Crippen molar-refractivity contribution in [3.8, 4) is 22.3 Å². The van der Waals surface area contributed by atoms with Crippen LogP contribution < -0.4 is 22.9 Å². The van der Waals surface area contributed by atoms with Gasteiger partial charge < -0.3 is 22.9 Å². The van der Waals surface area contributed by atoms with Gasteiger partial charge in [-0.15, -0.1) is 49.6 Å². The van der Waals surface area contributed by atoms with E-state index in [1.165, 1.54) is 27.8 Å². The van der Waals surface area contributed by atoms with Crippen molar-refractivity contribution < 1.29 is 0 Å². The second-order valence-electron chi connectivity index (χ2n) is 8.23. The molecule has 0 fully saturated rings. The van der Waals surface area contributed by atoms with Gasteiger partial charge in [-0.2, -0.15) is 0 Å². The van der Waals surface area contributed by atoms with Gasteiger partial charge in [-0.05, 0) is 107 Å². The van der Waals surface area contributed by atoms with Gasteiger partial charge in [-0.25, -0.2) is 0 Å². The van der Waals surface area contributed by atoms with Crippen LogP contribution in [0.5, 0.6) is 0 Å². The Balaban J connectivity index is 0. The first-order chi connectivity index (χ1) is 15.8. The number of nitrogen functional groups attached to an aromatic ring is 4. The van der Waals surface area contributed by atoms with Crippen LogP contribution >= 0.6 is 49.6 Å². The molecule has 0 bridgehead atoms. The molecule has 0 spiro atoms. The summed E-state index contributed by atoms with van der Waals surface area (Å²) < 4.78 is 0. The molecule has 0 saturated carbocycles. The molecule has 8 N–H and O–H groups in total. The average molecular weight is 584 g/mol. The lowest BCUT2D eigenvalue weighted by molar-refractivity contribution is 1.14. The fourth-order valence-electron chi connectivity index (χ4n) is 3.71. The largest absolute Gasteiger partial charge is 0.399 e. The third-order valence-corrected chi connectivity index (χ3v) is 5.89. The monoisotopic (exact) mass is 582 g/mol. The minimum atomic E-state index is 0. The van der Waals surface area contributed by atoms with Crippen LogP contribution in [0.1, 0.15) is 30.5 Å². The molecule has 0 saturated heterocycles. The lowest BCUT2D eigenvalue weighted by Gasteiger charge is -2.10. The van der Waals surface area contributed by atoms with Crippen molar-refractivity contribution in [2.24, 2.45) is 0 Å². The Labute approximate surface area is 245 Å². The number of halogens is 4. The molecule has 37 heavy (non-hydrogen) atoms. The smallest absolute Gasteiger partial charge is 0.0346 e. The van der Waals surface area contributed by atoms with Crippen LogP contribution in [0.3, 0.4) is 0 Å². The SMILES string of the molecule is CCc1cc(-c2ccc(N)c(CC)c2)ccc1N.Cc1cc(-c2ccc(N)cc2)ccc1N.Cl.Cl.Cl.Cl. The van der Waals surface area contributed by atoms with Gasteiger partial charge in [-0.3, -0.25) is 0 Å². The Hall–Kier alpha value is -2.76. The van der Waals surface area contributed by atoms with Gasteiger partial charge in [0.15, 0.2) is 0 Å². The summed E-state index contributed by atoms with van der Waals surface area (Å²) >= 11 is 0. The zero-order chi connectivity index (χ0) is 24.0. The van der Waals surface area contributed by atoms with E-state index in [1.54, 1.807) is 0 Å². The predicted molar refractivity (Wildman–Crippen MR) is 174 cm³/mol. The molecule has 0 aliphatic carbocycles. The van der Waals surface area contributed by atoms with Gasteiger partial charge in [0, 0.05) is 22.7 Å². The lowest BCUT2D eigenvalue weighted by Crippen LogP contribution is -1.95. The third kappa shape index (κ3) is 9.56. The van der Waals surface area contributed by atoms with Crippen LogP contribution in [0.2, 0.25) is 0 Å². The fraction of sp³-hybridized carbons (Fsp3) is 0.172. The zero-order valence-corrected chi connectivity index (χ0v) is 24.6. The van der Waals surface area contributed by atoms with Gasteiger partial charge in [0.25, 0.3) is 0 Å². The van der Waals surface area contributed by atoms with Crippen molar-refractivity contribution in [2.45, 2.75) is 33.6 Å². The first-order valence-electron chi connectivity index (χ1n) is 11.3. The van der Waals surface area contributed by atoms with Crippen LogP contribution in [0.25, 0.3) is 22.3 Å². The van der Waals surface area contributed by atoms with E-state index in [0.717, 1.165) is 46.7 Å². The minimum Gasteiger partial charge on any atom is -0.399 e. The number of benzene rings is 4. The van der Waals surface area contributed by atoms with E-state index in [4.69, 9.17) is 22.9 Å². The van der Waals surface area contributed by atoms with E-state index >= 15 is 0 Å². The van der Waals surface area contributed by atoms with Crippen LogP contribution in [0, 0.1) is 6.92 Å². The Kier molecular flexibility index (Phi) is 16.6. The number of anilines is 4. The van der Waals surface area contributed by atoms with E-state index in [0.29, 0.717) is 0 Å². The van der Waals surface area contributed by atoms with Crippen molar-refractivity contribution in [1.82, 2.24) is 0 Å². The Morgan fingerprint density at radius 2 is 0.811 bits per heavy atom. The number of aryl methyl sites for hydroxylation is 3. The summed E-state index contributed by atoms with van der Waals surface area (Å²) in [6.07, 6.45) is 1.91. The van der Waals surface area contributed by atoms with Crippen LogP contribution in [-0.4, -0.2) is 0 Å². The summed E-state index contributed by atoms with van der Waals surface area (Å²) in [5, 5.41) is 0. The maximum absolute atomic E-state index is 5.94. The molecular formula is C29H38Cl4N4. The standard InChI is InChI=1S/C16H20N2.C13H14N2.4ClH/c1-3-11-9-13(5-7-15(11)17)14-6-8-16(18)12(4-2)10-14;1-9-8-11(4-7-13(9)15)10-2-5-12(14)6-3-10;;;;/h5-10H,3-4,17-18H2,1-2H3;2-8H,14-15H2,1H3;4*1H. The maximum Gasteiger partial charge on any atom is 0.0346 e. The van der Waals surface area contributed by atoms with Crippen molar-refractivity contribution >= 4 is 72.4 Å². The molecule has 0 unspecified atom stereocenters. The Morgan fingerprint density at radius 3 is 1.19 bits per heavy atom. The van der Waals surface area contributed by atoms with Crippen LogP contribution in [0.4, 0.5) is 22.7 Å². The topological polar surface area (TPSA) is 104 Å². The molecule has 0 radical (unpaired) electrons. The first-order valence-corrected chi connectivity index (χ1v) is 11.3. The molecule has 4 nitrogen and oxygen atoms in total. The molecule has 0 heterocycles. The van der Waals surface area contributed by atoms with Crippen LogP contribution in [0.15, 0.2) is 78.9 Å². The van der Waals surface area contributed by atoms with Gasteiger partial charge in [-0.1, -0.05) is 44.2 Å². The Bertz CT molecular complexity index is 1190. The number of hydrogen-bond acceptors (Lipinski definition) is 4. The zero-order valence-electron chi connectivity index (χ0n) is 21.4. The molecule has 8 heteroatoms. The van der Waals surface area contributed by atoms with Gasteiger partial charge >= 0.3 is 0 Å². The van der Waals surface area contributed by atoms with E-state index in [2.05, 4.69) is 44.2 Å². The highest BCUT2D eigenvalue weighted by Gasteiger charge is 2.04. The van der Waals surface area contributed by atoms with E-state index < -0.39 is 0 Å². The van der Waals surface area contributed by atoms with Gasteiger partial charge in [0.1, 0.15) is 0 Å². The lowest BCUT2D eigenvalue weighted by atomic mass is 9.98. The Morgan fingerprint density at radius 1 is 0.459 bits per heavy atom. The summed E-state index contributed by atoms with van der Waals surface area (Å²) in [5.41, 5.74) is 34.9. The normalized spacial score (nSPS) is 9.27. The van der Waals surface area contributed by atoms with Crippen LogP contribution in [-0.2, 0) is 12.8 Å². The van der Waals surface area contributed by atoms with E-state index in [1.807, 2.05) is 55.5 Å². The second-order valence-corrected chi connectivity index (χ2v) is 8.23. The molecule has 4 aromatic carbocycles. The van der Waals surface area contributed by atoms with Gasteiger partial charge in [0.05, 0.1) is 0 Å². The van der Waals surface area contributed by atoms with Crippen molar-refractivity contribution in [3.05, 3.63) is 95.6 Å². The molecular weight excluding hydrogens is 546 g/mol. The summed E-state index contributed by atoms with van der Waals surface area (Å²) in [6, 6.07) is 26.3. The molecule has 0 aromatic heterocycles. The molecule has 4 aromatic rings. The minimum absolute atomic E-state index is 0. The molecule has 0 aliphatic rings. The number of hydrogen-bond donors (Lipinski definition) is 4. The highest BCUT2D eigenvalue weighted by molar-refractivity contribution is 5.86. The highest BCUT2D eigenvalue weighted by atomic mass is 35.5. The predicted octanol–water partition coefficient (Wildman–Crippen LogP) is 8.16. The molecule has 4 rings (SSSR count). The molecule has 0 atom stereocenters. The first kappa shape index (κ1) is 36.4. The van der Waals surface area contributed by atoms with E-state index in [-0.39, 0.29) is 49.6 Å². The molecule has 202 valence electrons.